The molecule has 6 heteroatoms. The lowest BCUT2D eigenvalue weighted by Crippen LogP contribution is -2.29. The quantitative estimate of drug-likeness (QED) is 0.669. The molecule has 0 aromatic carbocycles. The van der Waals surface area contributed by atoms with Gasteiger partial charge in [-0.1, -0.05) is 13.8 Å². The van der Waals surface area contributed by atoms with Crippen LogP contribution in [0.2, 0.25) is 0 Å². The van der Waals surface area contributed by atoms with Crippen LogP contribution in [0.25, 0.3) is 10.2 Å². The number of fused-ring (bicyclic) bond motifs is 1. The number of nitrogens with one attached hydrogen (secondary N) is 1. The van der Waals surface area contributed by atoms with Crippen molar-refractivity contribution in [2.75, 3.05) is 16.9 Å². The number of thiophene rings is 1. The van der Waals surface area contributed by atoms with Crippen molar-refractivity contribution in [1.29, 1.82) is 0 Å². The number of hydrogen-bond donors (Lipinski definition) is 2. The summed E-state index contributed by atoms with van der Waals surface area (Å²) in [4.78, 5) is 13.9. The van der Waals surface area contributed by atoms with Crippen molar-refractivity contribution >= 4 is 33.3 Å². The summed E-state index contributed by atoms with van der Waals surface area (Å²) in [6.07, 6.45) is 4.67. The molecule has 0 spiro atoms. The molecule has 1 fully saturated rings. The monoisotopic (exact) mass is 291 g/mol. The van der Waals surface area contributed by atoms with Crippen molar-refractivity contribution < 1.29 is 0 Å². The highest BCUT2D eigenvalue weighted by molar-refractivity contribution is 7.18. The lowest BCUT2D eigenvalue weighted by atomic mass is 10.1. The first kappa shape index (κ1) is 13.6. The number of nitrogen functional groups attached to an aromatic ring is 1. The molecule has 0 saturated carbocycles. The van der Waals surface area contributed by atoms with Crippen molar-refractivity contribution in [2.45, 2.75) is 45.6 Å². The molecular weight excluding hydrogens is 270 g/mol. The number of hydrogen-bond acceptors (Lipinski definition) is 6. The molecule has 3 N–H and O–H groups in total. The average Bonchev–Trinajstić information content (AvgIpc) is 3.11. The highest BCUT2D eigenvalue weighted by Crippen LogP contribution is 2.35. The molecule has 108 valence electrons. The lowest BCUT2D eigenvalue weighted by Gasteiger charge is -2.25. The van der Waals surface area contributed by atoms with E-state index >= 15 is 0 Å². The van der Waals surface area contributed by atoms with Gasteiger partial charge >= 0.3 is 0 Å². The van der Waals surface area contributed by atoms with Gasteiger partial charge in [0.25, 0.3) is 0 Å². The first-order valence-corrected chi connectivity index (χ1v) is 8.12. The molecule has 1 unspecified atom stereocenters. The van der Waals surface area contributed by atoms with Gasteiger partial charge in [-0.3, -0.25) is 5.43 Å². The molecule has 0 amide bonds. The highest BCUT2D eigenvalue weighted by atomic mass is 32.1. The van der Waals surface area contributed by atoms with Gasteiger partial charge in [0, 0.05) is 17.5 Å². The number of rotatable bonds is 4. The van der Waals surface area contributed by atoms with Crippen molar-refractivity contribution in [1.82, 2.24) is 9.97 Å². The number of aromatic nitrogens is 2. The van der Waals surface area contributed by atoms with Gasteiger partial charge in [0.1, 0.15) is 10.6 Å². The molecule has 1 saturated heterocycles. The Hall–Kier alpha value is -1.40. The Morgan fingerprint density at radius 1 is 1.45 bits per heavy atom. The van der Waals surface area contributed by atoms with Crippen molar-refractivity contribution in [3.05, 3.63) is 10.9 Å². The zero-order chi connectivity index (χ0) is 14.1. The SMILES string of the molecule is CCc1cc2c(N3CCCC3CC)nc(NN)nc2s1. The summed E-state index contributed by atoms with van der Waals surface area (Å²) < 4.78 is 0. The third-order valence-corrected chi connectivity index (χ3v) is 5.19. The fourth-order valence-electron chi connectivity index (χ4n) is 2.95. The van der Waals surface area contributed by atoms with E-state index in [1.165, 1.54) is 23.1 Å². The largest absolute Gasteiger partial charge is 0.353 e. The van der Waals surface area contributed by atoms with Crippen LogP contribution in [0.15, 0.2) is 6.07 Å². The van der Waals surface area contributed by atoms with Crippen molar-refractivity contribution in [2.24, 2.45) is 5.84 Å². The molecule has 1 aliphatic rings. The fraction of sp³-hybridized carbons (Fsp3) is 0.571. The third-order valence-electron chi connectivity index (χ3n) is 4.02. The minimum Gasteiger partial charge on any atom is -0.353 e. The lowest BCUT2D eigenvalue weighted by molar-refractivity contribution is 0.642. The molecule has 2 aromatic rings. The molecular formula is C14H21N5S. The van der Waals surface area contributed by atoms with Gasteiger partial charge in [-0.05, 0) is 31.7 Å². The Kier molecular flexibility index (Phi) is 3.76. The van der Waals surface area contributed by atoms with Crippen LogP contribution in [-0.4, -0.2) is 22.6 Å². The predicted molar refractivity (Wildman–Crippen MR) is 85.3 cm³/mol. The van der Waals surface area contributed by atoms with Crippen LogP contribution in [0.5, 0.6) is 0 Å². The fourth-order valence-corrected chi connectivity index (χ4v) is 3.91. The zero-order valence-electron chi connectivity index (χ0n) is 12.0. The maximum absolute atomic E-state index is 5.53. The molecule has 1 aliphatic heterocycles. The van der Waals surface area contributed by atoms with Gasteiger partial charge in [-0.2, -0.15) is 4.98 Å². The summed E-state index contributed by atoms with van der Waals surface area (Å²) in [6.45, 7) is 5.49. The van der Waals surface area contributed by atoms with E-state index in [-0.39, 0.29) is 0 Å². The Labute approximate surface area is 123 Å². The topological polar surface area (TPSA) is 67.1 Å². The predicted octanol–water partition coefficient (Wildman–Crippen LogP) is 2.92. The number of hydrazine groups is 1. The molecule has 2 aromatic heterocycles. The number of aryl methyl sites for hydroxylation is 1. The van der Waals surface area contributed by atoms with Crippen LogP contribution in [0.1, 0.15) is 38.0 Å². The third kappa shape index (κ3) is 2.23. The zero-order valence-corrected chi connectivity index (χ0v) is 12.8. The summed E-state index contributed by atoms with van der Waals surface area (Å²) in [5.74, 6) is 7.08. The van der Waals surface area contributed by atoms with Gasteiger partial charge in [0.05, 0.1) is 5.39 Å². The molecule has 0 bridgehead atoms. The van der Waals surface area contributed by atoms with Crippen LogP contribution >= 0.6 is 11.3 Å². The molecule has 3 rings (SSSR count). The second-order valence-corrected chi connectivity index (χ2v) is 6.31. The van der Waals surface area contributed by atoms with E-state index in [2.05, 4.69) is 40.2 Å². The van der Waals surface area contributed by atoms with Crippen LogP contribution in [0, 0.1) is 0 Å². The second kappa shape index (κ2) is 5.54. The van der Waals surface area contributed by atoms with E-state index in [1.807, 2.05) is 0 Å². The Bertz CT molecular complexity index is 609. The van der Waals surface area contributed by atoms with E-state index in [9.17, 15) is 0 Å². The molecule has 3 heterocycles. The van der Waals surface area contributed by atoms with Crippen molar-refractivity contribution in [3.8, 4) is 0 Å². The highest BCUT2D eigenvalue weighted by Gasteiger charge is 2.26. The first-order chi connectivity index (χ1) is 9.76. The average molecular weight is 291 g/mol. The minimum absolute atomic E-state index is 0.513. The van der Waals surface area contributed by atoms with Crippen LogP contribution < -0.4 is 16.2 Å². The summed E-state index contributed by atoms with van der Waals surface area (Å²) >= 11 is 1.74. The van der Waals surface area contributed by atoms with Crippen LogP contribution in [0.4, 0.5) is 11.8 Å². The van der Waals surface area contributed by atoms with E-state index in [1.54, 1.807) is 11.3 Å². The van der Waals surface area contributed by atoms with Gasteiger partial charge in [0.15, 0.2) is 0 Å². The van der Waals surface area contributed by atoms with E-state index < -0.39 is 0 Å². The Balaban J connectivity index is 2.14. The molecule has 20 heavy (non-hydrogen) atoms. The summed E-state index contributed by atoms with van der Waals surface area (Å²) in [7, 11) is 0. The molecule has 0 radical (unpaired) electrons. The summed E-state index contributed by atoms with van der Waals surface area (Å²) in [5, 5.41) is 1.17. The van der Waals surface area contributed by atoms with Gasteiger partial charge in [0.2, 0.25) is 5.95 Å². The Morgan fingerprint density at radius 3 is 3.00 bits per heavy atom. The maximum Gasteiger partial charge on any atom is 0.240 e. The molecule has 5 nitrogen and oxygen atoms in total. The first-order valence-electron chi connectivity index (χ1n) is 7.30. The standard InChI is InChI=1S/C14H21N5S/c1-3-9-6-5-7-19(9)12-11-8-10(4-2)20-13(11)17-14(16-12)18-15/h8-9H,3-7,15H2,1-2H3,(H,16,17,18). The van der Waals surface area contributed by atoms with Crippen molar-refractivity contribution in [3.63, 3.8) is 0 Å². The van der Waals surface area contributed by atoms with Gasteiger partial charge < -0.3 is 4.90 Å². The number of nitrogens with two attached hydrogens (primary N) is 1. The normalized spacial score (nSPS) is 18.9. The number of anilines is 2. The summed E-state index contributed by atoms with van der Waals surface area (Å²) in [5.41, 5.74) is 2.60. The second-order valence-electron chi connectivity index (χ2n) is 5.20. The van der Waals surface area contributed by atoms with Gasteiger partial charge in [-0.25, -0.2) is 10.8 Å². The van der Waals surface area contributed by atoms with E-state index in [0.29, 0.717) is 12.0 Å². The van der Waals surface area contributed by atoms with Crippen LogP contribution in [0.3, 0.4) is 0 Å². The van der Waals surface area contributed by atoms with E-state index in [0.717, 1.165) is 30.0 Å². The molecule has 1 atom stereocenters. The van der Waals surface area contributed by atoms with Crippen LogP contribution in [-0.2, 0) is 6.42 Å². The smallest absolute Gasteiger partial charge is 0.240 e. The molecule has 0 aliphatic carbocycles. The summed E-state index contributed by atoms with van der Waals surface area (Å²) in [6, 6.07) is 2.82. The Morgan fingerprint density at radius 2 is 2.30 bits per heavy atom. The minimum atomic E-state index is 0.513. The maximum atomic E-state index is 5.53. The number of nitrogens with zero attached hydrogens (tertiary/aromatic N) is 3. The van der Waals surface area contributed by atoms with Gasteiger partial charge in [-0.15, -0.1) is 11.3 Å². The van der Waals surface area contributed by atoms with E-state index in [4.69, 9.17) is 5.84 Å².